The summed E-state index contributed by atoms with van der Waals surface area (Å²) < 4.78 is 0. The average Bonchev–Trinajstić information content (AvgIpc) is 3.32. The van der Waals surface area contributed by atoms with Crippen LogP contribution in [-0.2, 0) is 17.6 Å². The summed E-state index contributed by atoms with van der Waals surface area (Å²) in [5, 5.41) is 0. The highest BCUT2D eigenvalue weighted by molar-refractivity contribution is 7.99. The van der Waals surface area contributed by atoms with Crippen LogP contribution in [0.2, 0.25) is 0 Å². The Morgan fingerprint density at radius 2 is 0.656 bits per heavy atom. The van der Waals surface area contributed by atoms with Gasteiger partial charge in [0.05, 0.1) is 0 Å². The molecule has 0 heterocycles. The maximum Gasteiger partial charge on any atom is 0.193 e. The van der Waals surface area contributed by atoms with Crippen molar-refractivity contribution in [2.75, 3.05) is 0 Å². The Kier molecular flexibility index (Phi) is 14.0. The number of benzene rings is 8. The third kappa shape index (κ3) is 10.5. The van der Waals surface area contributed by atoms with Crippen LogP contribution in [0.4, 0.5) is 0 Å². The molecular formula is C59H50O3S2. The van der Waals surface area contributed by atoms with Crippen LogP contribution in [-0.4, -0.2) is 17.3 Å². The van der Waals surface area contributed by atoms with Gasteiger partial charge in [0.15, 0.2) is 11.6 Å². The van der Waals surface area contributed by atoms with E-state index in [0.29, 0.717) is 24.0 Å². The van der Waals surface area contributed by atoms with Gasteiger partial charge in [0.25, 0.3) is 0 Å². The van der Waals surface area contributed by atoms with Crippen molar-refractivity contribution in [3.8, 4) is 0 Å². The Balaban J connectivity index is 1.04. The number of hydrogen-bond acceptors (Lipinski definition) is 5. The molecule has 0 aliphatic heterocycles. The van der Waals surface area contributed by atoms with Gasteiger partial charge in [-0.05, 0) is 158 Å². The molecule has 0 aromatic heterocycles. The van der Waals surface area contributed by atoms with Crippen molar-refractivity contribution in [3.05, 3.63) is 261 Å². The molecular weight excluding hydrogens is 821 g/mol. The molecule has 3 nitrogen and oxygen atoms in total. The normalized spacial score (nSPS) is 12.1. The summed E-state index contributed by atoms with van der Waals surface area (Å²) in [6, 6.07) is 64.6. The van der Waals surface area contributed by atoms with Crippen molar-refractivity contribution in [2.45, 2.75) is 72.0 Å². The molecule has 0 bridgehead atoms. The van der Waals surface area contributed by atoms with Crippen molar-refractivity contribution >= 4 is 40.9 Å². The molecule has 0 fully saturated rings. The topological polar surface area (TPSA) is 51.2 Å². The lowest BCUT2D eigenvalue weighted by Crippen LogP contribution is -2.25. The van der Waals surface area contributed by atoms with Crippen LogP contribution in [0.1, 0.15) is 88.2 Å². The van der Waals surface area contributed by atoms with Gasteiger partial charge in [-0.2, -0.15) is 0 Å². The Labute approximate surface area is 386 Å². The molecule has 2 unspecified atom stereocenters. The van der Waals surface area contributed by atoms with Crippen molar-refractivity contribution in [3.63, 3.8) is 0 Å². The maximum absolute atomic E-state index is 15.4. The summed E-state index contributed by atoms with van der Waals surface area (Å²) >= 11 is 3.28. The van der Waals surface area contributed by atoms with E-state index in [-0.39, 0.29) is 29.2 Å². The molecule has 0 N–H and O–H groups in total. The minimum atomic E-state index is -0.379. The molecule has 0 spiro atoms. The molecule has 8 aromatic carbocycles. The zero-order chi connectivity index (χ0) is 44.6. The highest BCUT2D eigenvalue weighted by atomic mass is 32.2. The Hall–Kier alpha value is -6.53. The van der Waals surface area contributed by atoms with Gasteiger partial charge in [-0.15, -0.1) is 0 Å². The van der Waals surface area contributed by atoms with Gasteiger partial charge < -0.3 is 0 Å². The first-order valence-electron chi connectivity index (χ1n) is 21.7. The number of hydrogen-bond donors (Lipinski definition) is 0. The highest BCUT2D eigenvalue weighted by Gasteiger charge is 2.31. The second-order valence-electron chi connectivity index (χ2n) is 16.4. The first kappa shape index (κ1) is 44.1. The Morgan fingerprint density at radius 3 is 0.984 bits per heavy atom. The van der Waals surface area contributed by atoms with Gasteiger partial charge in [0.1, 0.15) is 5.78 Å². The van der Waals surface area contributed by atoms with E-state index in [9.17, 15) is 9.59 Å². The van der Waals surface area contributed by atoms with Crippen LogP contribution >= 0.6 is 23.5 Å². The molecule has 8 rings (SSSR count). The van der Waals surface area contributed by atoms with Crippen LogP contribution in [0.3, 0.4) is 0 Å². The lowest BCUT2D eigenvalue weighted by Gasteiger charge is -2.25. The van der Waals surface area contributed by atoms with E-state index in [1.54, 1.807) is 23.5 Å². The smallest absolute Gasteiger partial charge is 0.193 e. The van der Waals surface area contributed by atoms with E-state index in [1.807, 2.05) is 123 Å². The Morgan fingerprint density at radius 1 is 0.359 bits per heavy atom. The number of carbonyl (C=O) groups is 3. The number of Topliss-reactive ketones (excluding diaryl/α,β-unsaturated/α-hetero) is 1. The second kappa shape index (κ2) is 20.3. The monoisotopic (exact) mass is 870 g/mol. The predicted molar refractivity (Wildman–Crippen MR) is 263 cm³/mol. The predicted octanol–water partition coefficient (Wildman–Crippen LogP) is 14.6. The number of ketones is 3. The van der Waals surface area contributed by atoms with Crippen LogP contribution in [0, 0.1) is 27.7 Å². The average molecular weight is 871 g/mol. The zero-order valence-electron chi connectivity index (χ0n) is 36.6. The summed E-state index contributed by atoms with van der Waals surface area (Å²) in [4.78, 5) is 46.0. The number of carbonyl (C=O) groups excluding carboxylic acids is 3. The third-order valence-electron chi connectivity index (χ3n) is 12.1. The fourth-order valence-electron chi connectivity index (χ4n) is 8.25. The molecule has 2 atom stereocenters. The molecule has 5 heteroatoms. The molecule has 64 heavy (non-hydrogen) atoms. The summed E-state index contributed by atoms with van der Waals surface area (Å²) in [6.45, 7) is 8.16. The van der Waals surface area contributed by atoms with Crippen LogP contribution in [0.25, 0.3) is 0 Å². The fraction of sp³-hybridized carbons (Fsp3) is 0.136. The molecule has 8 aromatic rings. The lowest BCUT2D eigenvalue weighted by molar-refractivity contribution is -0.122. The van der Waals surface area contributed by atoms with Crippen LogP contribution < -0.4 is 0 Å². The van der Waals surface area contributed by atoms with Gasteiger partial charge in [0, 0.05) is 53.7 Å². The largest absolute Gasteiger partial charge is 0.298 e. The van der Waals surface area contributed by atoms with E-state index >= 15 is 4.79 Å². The van der Waals surface area contributed by atoms with E-state index in [0.717, 1.165) is 64.1 Å². The summed E-state index contributed by atoms with van der Waals surface area (Å²) in [7, 11) is 0. The lowest BCUT2D eigenvalue weighted by atomic mass is 9.77. The van der Waals surface area contributed by atoms with Gasteiger partial charge >= 0.3 is 0 Å². The molecule has 0 aliphatic rings. The Bertz CT molecular complexity index is 2710. The first-order valence-corrected chi connectivity index (χ1v) is 23.3. The van der Waals surface area contributed by atoms with Crippen LogP contribution in [0.5, 0.6) is 0 Å². The standard InChI is InChI=1S/C59H50O3S2/c1-39-13-5-9-17-47(39)37-55(43-21-29-49(30-22-43)63-51-33-25-45(26-34-51)57(60)53-19-11-7-15-41(53)3)59(62)56(38-48-18-10-6-14-40(48)2)44-23-31-50(32-24-44)64-52-35-27-46(28-36-52)58(61)54-20-12-8-16-42(54)4/h5-36,55-56H,37-38H2,1-4H3. The molecule has 0 aliphatic carbocycles. The molecule has 316 valence electrons. The molecule has 0 radical (unpaired) electrons. The maximum atomic E-state index is 15.4. The van der Waals surface area contributed by atoms with Crippen molar-refractivity contribution < 1.29 is 14.4 Å². The summed E-state index contributed by atoms with van der Waals surface area (Å²) in [6.07, 6.45) is 1.18. The fourth-order valence-corrected chi connectivity index (χ4v) is 9.88. The quantitative estimate of drug-likeness (QED) is 0.0906. The minimum absolute atomic E-state index is 0.0224. The zero-order valence-corrected chi connectivity index (χ0v) is 38.2. The molecule has 0 amide bonds. The van der Waals surface area contributed by atoms with Crippen molar-refractivity contribution in [2.24, 2.45) is 0 Å². The van der Waals surface area contributed by atoms with Crippen molar-refractivity contribution in [1.29, 1.82) is 0 Å². The molecule has 0 saturated heterocycles. The molecule has 0 saturated carbocycles. The van der Waals surface area contributed by atoms with E-state index in [1.165, 1.54) is 11.1 Å². The number of rotatable bonds is 16. The number of aryl methyl sites for hydroxylation is 4. The third-order valence-corrected chi connectivity index (χ3v) is 14.1. The van der Waals surface area contributed by atoms with Gasteiger partial charge in [-0.1, -0.05) is 145 Å². The first-order chi connectivity index (χ1) is 31.1. The van der Waals surface area contributed by atoms with Gasteiger partial charge in [0.2, 0.25) is 0 Å². The van der Waals surface area contributed by atoms with E-state index in [2.05, 4.69) is 98.8 Å². The van der Waals surface area contributed by atoms with E-state index in [4.69, 9.17) is 0 Å². The summed E-state index contributed by atoms with van der Waals surface area (Å²) in [5.74, 6) is -0.523. The minimum Gasteiger partial charge on any atom is -0.298 e. The van der Waals surface area contributed by atoms with Crippen molar-refractivity contribution in [1.82, 2.24) is 0 Å². The SMILES string of the molecule is Cc1ccccc1CC(C(=O)C(Cc1ccccc1C)c1ccc(Sc2ccc(C(=O)c3ccccc3C)cc2)cc1)c1ccc(Sc2ccc(C(=O)c3ccccc3C)cc2)cc1. The second-order valence-corrected chi connectivity index (χ2v) is 18.7. The van der Waals surface area contributed by atoms with E-state index < -0.39 is 0 Å². The van der Waals surface area contributed by atoms with Crippen LogP contribution in [0.15, 0.2) is 214 Å². The summed E-state index contributed by atoms with van der Waals surface area (Å²) in [5.41, 5.74) is 11.3. The van der Waals surface area contributed by atoms with Gasteiger partial charge in [-0.3, -0.25) is 14.4 Å². The highest BCUT2D eigenvalue weighted by Crippen LogP contribution is 2.37. The van der Waals surface area contributed by atoms with Gasteiger partial charge in [-0.25, -0.2) is 0 Å².